The van der Waals surface area contributed by atoms with E-state index in [0.717, 1.165) is 0 Å². The van der Waals surface area contributed by atoms with Crippen LogP contribution >= 0.6 is 11.3 Å². The fraction of sp³-hybridized carbons (Fsp3) is 0. The van der Waals surface area contributed by atoms with Crippen LogP contribution in [0.25, 0.3) is 97.4 Å². The molecule has 11 aromatic rings. The molecular formula is C48H30N2S. The zero-order chi connectivity index (χ0) is 33.5. The van der Waals surface area contributed by atoms with Gasteiger partial charge < -0.3 is 9.13 Å². The number of hydrogen-bond donors (Lipinski definition) is 0. The number of nitrogens with zero attached hydrogens (tertiary/aromatic N) is 2. The van der Waals surface area contributed by atoms with E-state index in [1.807, 2.05) is 11.3 Å². The highest BCUT2D eigenvalue weighted by Crippen LogP contribution is 2.48. The molecule has 0 saturated heterocycles. The molecule has 8 aromatic carbocycles. The molecule has 11 rings (SSSR count). The number of hydrogen-bond acceptors (Lipinski definition) is 1. The minimum absolute atomic E-state index is 1.17. The van der Waals surface area contributed by atoms with E-state index in [2.05, 4.69) is 191 Å². The van der Waals surface area contributed by atoms with E-state index in [0.29, 0.717) is 0 Å². The Morgan fingerprint density at radius 3 is 1.67 bits per heavy atom. The SMILES string of the molecule is c1ccc(-c2ccc(-n3c4ccccc4c4cc(-c5ccc6c(c5)c5ccccc5n6-c5ccccc5)c5c6ccccc6sc5c43)cc2)cc1. The lowest BCUT2D eigenvalue weighted by Crippen LogP contribution is -1.94. The molecule has 0 aliphatic heterocycles. The van der Waals surface area contributed by atoms with Crippen LogP contribution < -0.4 is 0 Å². The molecule has 0 fully saturated rings. The van der Waals surface area contributed by atoms with Gasteiger partial charge in [0, 0.05) is 48.4 Å². The topological polar surface area (TPSA) is 9.86 Å². The van der Waals surface area contributed by atoms with Crippen LogP contribution in [-0.4, -0.2) is 9.13 Å². The second-order valence-electron chi connectivity index (χ2n) is 13.3. The first kappa shape index (κ1) is 28.4. The Labute approximate surface area is 298 Å². The molecule has 0 atom stereocenters. The third-order valence-corrected chi connectivity index (χ3v) is 11.7. The summed E-state index contributed by atoms with van der Waals surface area (Å²) in [6.07, 6.45) is 0. The quantitative estimate of drug-likeness (QED) is 0.177. The first-order valence-electron chi connectivity index (χ1n) is 17.4. The van der Waals surface area contributed by atoms with Crippen molar-refractivity contribution >= 4 is 75.1 Å². The van der Waals surface area contributed by atoms with Gasteiger partial charge >= 0.3 is 0 Å². The molecule has 0 aliphatic carbocycles. The van der Waals surface area contributed by atoms with Gasteiger partial charge in [0.1, 0.15) is 0 Å². The number of thiophene rings is 1. The van der Waals surface area contributed by atoms with Gasteiger partial charge in [0.2, 0.25) is 0 Å². The molecule has 0 radical (unpaired) electrons. The van der Waals surface area contributed by atoms with Crippen molar-refractivity contribution in [2.24, 2.45) is 0 Å². The van der Waals surface area contributed by atoms with Crippen LogP contribution in [0, 0.1) is 0 Å². The van der Waals surface area contributed by atoms with Crippen LogP contribution in [0.2, 0.25) is 0 Å². The lowest BCUT2D eigenvalue weighted by atomic mass is 9.95. The lowest BCUT2D eigenvalue weighted by Gasteiger charge is -2.12. The Morgan fingerprint density at radius 2 is 0.902 bits per heavy atom. The molecule has 0 aliphatic rings. The van der Waals surface area contributed by atoms with E-state index in [9.17, 15) is 0 Å². The van der Waals surface area contributed by atoms with Crippen LogP contribution in [0.3, 0.4) is 0 Å². The van der Waals surface area contributed by atoms with Gasteiger partial charge in [-0.15, -0.1) is 11.3 Å². The molecule has 3 heterocycles. The van der Waals surface area contributed by atoms with Crippen LogP contribution in [0.15, 0.2) is 182 Å². The standard InChI is InChI=1S/C48H30N2S/c1-3-13-31(14-4-1)32-23-26-35(27-24-32)50-43-21-11-8-18-37(43)41-30-39(46-38-19-9-12-22-45(38)51-48(46)47(41)50)33-25-28-44-40(29-33)36-17-7-10-20-42(36)49(44)34-15-5-2-6-16-34/h1-30H. The molecule has 0 unspecified atom stereocenters. The number of rotatable bonds is 4. The molecule has 0 spiro atoms. The van der Waals surface area contributed by atoms with Crippen LogP contribution in [0.5, 0.6) is 0 Å². The van der Waals surface area contributed by atoms with Crippen molar-refractivity contribution in [1.82, 2.24) is 9.13 Å². The highest BCUT2D eigenvalue weighted by molar-refractivity contribution is 7.26. The van der Waals surface area contributed by atoms with Gasteiger partial charge in [-0.2, -0.15) is 0 Å². The molecule has 0 saturated carbocycles. The van der Waals surface area contributed by atoms with E-state index >= 15 is 0 Å². The first-order chi connectivity index (χ1) is 25.3. The van der Waals surface area contributed by atoms with Crippen LogP contribution in [0.1, 0.15) is 0 Å². The predicted octanol–water partition coefficient (Wildman–Crippen LogP) is 13.6. The van der Waals surface area contributed by atoms with Crippen molar-refractivity contribution in [3.63, 3.8) is 0 Å². The fourth-order valence-electron chi connectivity index (χ4n) is 8.26. The maximum atomic E-state index is 2.48. The van der Waals surface area contributed by atoms with Gasteiger partial charge in [0.05, 0.1) is 26.8 Å². The van der Waals surface area contributed by atoms with Gasteiger partial charge in [0.15, 0.2) is 0 Å². The average molecular weight is 667 g/mol. The Balaban J connectivity index is 1.21. The minimum atomic E-state index is 1.17. The molecular weight excluding hydrogens is 637 g/mol. The molecule has 0 N–H and O–H groups in total. The Bertz CT molecular complexity index is 3110. The summed E-state index contributed by atoms with van der Waals surface area (Å²) in [4.78, 5) is 0. The Hall–Kier alpha value is -6.42. The smallest absolute Gasteiger partial charge is 0.0720 e. The summed E-state index contributed by atoms with van der Waals surface area (Å²) in [5.74, 6) is 0. The summed E-state index contributed by atoms with van der Waals surface area (Å²) >= 11 is 1.91. The minimum Gasteiger partial charge on any atom is -0.309 e. The van der Waals surface area contributed by atoms with Crippen molar-refractivity contribution < 1.29 is 0 Å². The molecule has 0 amide bonds. The van der Waals surface area contributed by atoms with Crippen molar-refractivity contribution in [3.05, 3.63) is 182 Å². The van der Waals surface area contributed by atoms with Crippen molar-refractivity contribution in [2.75, 3.05) is 0 Å². The highest BCUT2D eigenvalue weighted by Gasteiger charge is 2.22. The summed E-state index contributed by atoms with van der Waals surface area (Å²) < 4.78 is 7.50. The van der Waals surface area contributed by atoms with E-state index in [-0.39, 0.29) is 0 Å². The van der Waals surface area contributed by atoms with Crippen LogP contribution in [0.4, 0.5) is 0 Å². The Kier molecular flexibility index (Phi) is 6.16. The van der Waals surface area contributed by atoms with E-state index in [4.69, 9.17) is 0 Å². The molecule has 0 bridgehead atoms. The van der Waals surface area contributed by atoms with E-state index < -0.39 is 0 Å². The van der Waals surface area contributed by atoms with E-state index in [1.165, 1.54) is 97.4 Å². The lowest BCUT2D eigenvalue weighted by molar-refractivity contribution is 1.18. The summed E-state index contributed by atoms with van der Waals surface area (Å²) in [6.45, 7) is 0. The van der Waals surface area contributed by atoms with Gasteiger partial charge in [-0.05, 0) is 82.9 Å². The summed E-state index contributed by atoms with van der Waals surface area (Å²) in [5.41, 5.74) is 12.2. The second-order valence-corrected chi connectivity index (χ2v) is 14.4. The third kappa shape index (κ3) is 4.22. The predicted molar refractivity (Wildman–Crippen MR) is 219 cm³/mol. The molecule has 3 heteroatoms. The summed E-state index contributed by atoms with van der Waals surface area (Å²) in [7, 11) is 0. The zero-order valence-electron chi connectivity index (χ0n) is 27.6. The molecule has 3 aromatic heterocycles. The zero-order valence-corrected chi connectivity index (χ0v) is 28.4. The maximum Gasteiger partial charge on any atom is 0.0720 e. The molecule has 51 heavy (non-hydrogen) atoms. The van der Waals surface area contributed by atoms with E-state index in [1.54, 1.807) is 0 Å². The number of aromatic nitrogens is 2. The Morgan fingerprint density at radius 1 is 0.353 bits per heavy atom. The summed E-state index contributed by atoms with van der Waals surface area (Å²) in [6, 6.07) is 66.5. The molecule has 238 valence electrons. The van der Waals surface area contributed by atoms with Crippen LogP contribution in [-0.2, 0) is 0 Å². The van der Waals surface area contributed by atoms with Crippen molar-refractivity contribution in [1.29, 1.82) is 0 Å². The van der Waals surface area contributed by atoms with Gasteiger partial charge in [-0.3, -0.25) is 0 Å². The normalized spacial score (nSPS) is 11.9. The number of benzene rings is 8. The number of para-hydroxylation sites is 3. The maximum absolute atomic E-state index is 2.48. The average Bonchev–Trinajstić information content (AvgIpc) is 3.86. The monoisotopic (exact) mass is 666 g/mol. The first-order valence-corrected chi connectivity index (χ1v) is 18.3. The molecule has 2 nitrogen and oxygen atoms in total. The van der Waals surface area contributed by atoms with Gasteiger partial charge in [-0.1, -0.05) is 121 Å². The van der Waals surface area contributed by atoms with Crippen molar-refractivity contribution in [3.8, 4) is 33.6 Å². The number of fused-ring (bicyclic) bond motifs is 10. The van der Waals surface area contributed by atoms with Gasteiger partial charge in [-0.25, -0.2) is 0 Å². The largest absolute Gasteiger partial charge is 0.309 e. The fourth-order valence-corrected chi connectivity index (χ4v) is 9.52. The second kappa shape index (κ2) is 11.0. The van der Waals surface area contributed by atoms with Crippen molar-refractivity contribution in [2.45, 2.75) is 0 Å². The summed E-state index contributed by atoms with van der Waals surface area (Å²) in [5, 5.41) is 7.69. The van der Waals surface area contributed by atoms with Gasteiger partial charge in [0.25, 0.3) is 0 Å². The highest BCUT2D eigenvalue weighted by atomic mass is 32.1. The third-order valence-electron chi connectivity index (χ3n) is 10.5.